The van der Waals surface area contributed by atoms with Crippen molar-refractivity contribution in [3.05, 3.63) is 29.6 Å². The van der Waals surface area contributed by atoms with Crippen LogP contribution in [-0.2, 0) is 9.84 Å². The lowest BCUT2D eigenvalue weighted by molar-refractivity contribution is 0.572. The number of hydrogen-bond donors (Lipinski definition) is 1. The van der Waals surface area contributed by atoms with Gasteiger partial charge in [-0.2, -0.15) is 5.26 Å². The summed E-state index contributed by atoms with van der Waals surface area (Å²) in [5.74, 6) is -0.413. The van der Waals surface area contributed by atoms with Gasteiger partial charge in [-0.05, 0) is 31.5 Å². The Balaban J connectivity index is 2.21. The van der Waals surface area contributed by atoms with Crippen molar-refractivity contribution in [3.8, 4) is 6.07 Å². The van der Waals surface area contributed by atoms with Crippen LogP contribution in [0.4, 0.5) is 10.1 Å². The van der Waals surface area contributed by atoms with Gasteiger partial charge in [0.1, 0.15) is 11.9 Å². The highest BCUT2D eigenvalue weighted by Gasteiger charge is 2.38. The smallest absolute Gasteiger partial charge is 0.152 e. The van der Waals surface area contributed by atoms with Crippen molar-refractivity contribution in [2.24, 2.45) is 0 Å². The van der Waals surface area contributed by atoms with E-state index < -0.39 is 21.2 Å². The molecule has 1 saturated heterocycles. The van der Waals surface area contributed by atoms with Crippen LogP contribution in [0.5, 0.6) is 0 Å². The first-order chi connectivity index (χ1) is 8.34. The van der Waals surface area contributed by atoms with Crippen molar-refractivity contribution >= 4 is 15.5 Å². The van der Waals surface area contributed by atoms with Gasteiger partial charge in [0.05, 0.1) is 17.1 Å². The van der Waals surface area contributed by atoms with E-state index >= 15 is 0 Å². The van der Waals surface area contributed by atoms with Gasteiger partial charge in [0, 0.05) is 11.2 Å². The molecule has 0 saturated carbocycles. The molecule has 0 amide bonds. The van der Waals surface area contributed by atoms with Crippen LogP contribution in [0.1, 0.15) is 18.9 Å². The summed E-state index contributed by atoms with van der Waals surface area (Å²) in [6.45, 7) is 1.80. The summed E-state index contributed by atoms with van der Waals surface area (Å²) in [4.78, 5) is 0. The summed E-state index contributed by atoms with van der Waals surface area (Å²) in [6.07, 6.45) is 0.497. The molecule has 0 spiro atoms. The molecule has 2 rings (SSSR count). The molecule has 1 aliphatic rings. The maximum atomic E-state index is 13.4. The molecule has 1 fully saturated rings. The van der Waals surface area contributed by atoms with Gasteiger partial charge < -0.3 is 5.32 Å². The predicted molar refractivity (Wildman–Crippen MR) is 66.4 cm³/mol. The van der Waals surface area contributed by atoms with Gasteiger partial charge in [-0.25, -0.2) is 12.8 Å². The number of nitriles is 1. The van der Waals surface area contributed by atoms with E-state index in [2.05, 4.69) is 5.32 Å². The fraction of sp³-hybridized carbons (Fsp3) is 0.417. The lowest BCUT2D eigenvalue weighted by Gasteiger charge is -2.25. The van der Waals surface area contributed by atoms with E-state index in [-0.39, 0.29) is 17.1 Å². The summed E-state index contributed by atoms with van der Waals surface area (Å²) in [7, 11) is -3.01. The molecule has 0 bridgehead atoms. The van der Waals surface area contributed by atoms with Gasteiger partial charge in [0.15, 0.2) is 9.84 Å². The van der Waals surface area contributed by atoms with Crippen molar-refractivity contribution in [2.75, 3.05) is 16.8 Å². The quantitative estimate of drug-likeness (QED) is 0.886. The van der Waals surface area contributed by atoms with Crippen molar-refractivity contribution in [3.63, 3.8) is 0 Å². The highest BCUT2D eigenvalue weighted by Crippen LogP contribution is 2.28. The van der Waals surface area contributed by atoms with Crippen LogP contribution < -0.4 is 5.32 Å². The van der Waals surface area contributed by atoms with Crippen LogP contribution >= 0.6 is 0 Å². The number of benzene rings is 1. The number of sulfone groups is 1. The van der Waals surface area contributed by atoms with E-state index in [4.69, 9.17) is 5.26 Å². The molecule has 6 heteroatoms. The second kappa shape index (κ2) is 4.25. The third-order valence-corrected chi connectivity index (χ3v) is 4.94. The zero-order chi connectivity index (χ0) is 13.4. The molecule has 1 aliphatic heterocycles. The number of hydrogen-bond acceptors (Lipinski definition) is 4. The van der Waals surface area contributed by atoms with Crippen molar-refractivity contribution < 1.29 is 12.8 Å². The van der Waals surface area contributed by atoms with Crippen LogP contribution in [0.25, 0.3) is 0 Å². The summed E-state index contributed by atoms with van der Waals surface area (Å²) in [6, 6.07) is 5.92. The van der Waals surface area contributed by atoms with E-state index in [0.29, 0.717) is 12.1 Å². The Labute approximate surface area is 105 Å². The van der Waals surface area contributed by atoms with Gasteiger partial charge in [0.25, 0.3) is 0 Å². The molecule has 1 atom stereocenters. The summed E-state index contributed by atoms with van der Waals surface area (Å²) >= 11 is 0. The maximum absolute atomic E-state index is 13.4. The third kappa shape index (κ3) is 2.62. The standard InChI is InChI=1S/C12H13FN2O2S/c1-12(4-5-18(16,17)8-12)15-10-3-2-9(7-14)11(13)6-10/h2-3,6,15H,4-5,8H2,1H3. The molecule has 0 aliphatic carbocycles. The number of rotatable bonds is 2. The lowest BCUT2D eigenvalue weighted by Crippen LogP contribution is -2.35. The summed E-state index contributed by atoms with van der Waals surface area (Å²) in [5.41, 5.74) is -0.102. The Bertz CT molecular complexity index is 621. The summed E-state index contributed by atoms with van der Waals surface area (Å²) < 4.78 is 36.3. The molecule has 1 aromatic carbocycles. The molecule has 0 aromatic heterocycles. The van der Waals surface area contributed by atoms with Gasteiger partial charge in [0.2, 0.25) is 0 Å². The Morgan fingerprint density at radius 3 is 2.72 bits per heavy atom. The van der Waals surface area contributed by atoms with Gasteiger partial charge in [-0.15, -0.1) is 0 Å². The Morgan fingerprint density at radius 1 is 1.50 bits per heavy atom. The highest BCUT2D eigenvalue weighted by molar-refractivity contribution is 7.91. The highest BCUT2D eigenvalue weighted by atomic mass is 32.2. The first-order valence-electron chi connectivity index (χ1n) is 5.52. The normalized spacial score (nSPS) is 25.6. The van der Waals surface area contributed by atoms with E-state index in [1.165, 1.54) is 12.1 Å². The minimum atomic E-state index is -3.01. The molecule has 96 valence electrons. The molecule has 1 aromatic rings. The largest absolute Gasteiger partial charge is 0.379 e. The van der Waals surface area contributed by atoms with Gasteiger partial charge in [-0.1, -0.05) is 0 Å². The van der Waals surface area contributed by atoms with Crippen molar-refractivity contribution in [1.29, 1.82) is 5.26 Å². The molecule has 0 radical (unpaired) electrons. The van der Waals surface area contributed by atoms with Crippen LogP contribution in [0.2, 0.25) is 0 Å². The van der Waals surface area contributed by atoms with E-state index in [0.717, 1.165) is 0 Å². The number of halogens is 1. The Morgan fingerprint density at radius 2 is 2.22 bits per heavy atom. The average molecular weight is 268 g/mol. The first-order valence-corrected chi connectivity index (χ1v) is 7.34. The van der Waals surface area contributed by atoms with Gasteiger partial charge >= 0.3 is 0 Å². The van der Waals surface area contributed by atoms with E-state index in [1.807, 2.05) is 0 Å². The fourth-order valence-corrected chi connectivity index (χ4v) is 4.23. The fourth-order valence-electron chi connectivity index (χ4n) is 2.14. The van der Waals surface area contributed by atoms with Crippen LogP contribution in [0, 0.1) is 17.1 Å². The Kier molecular flexibility index (Phi) is 3.03. The molecule has 1 N–H and O–H groups in total. The van der Waals surface area contributed by atoms with Crippen LogP contribution in [0.15, 0.2) is 18.2 Å². The topological polar surface area (TPSA) is 70.0 Å². The Hall–Kier alpha value is -1.61. The monoisotopic (exact) mass is 268 g/mol. The molecule has 1 heterocycles. The SMILES string of the molecule is CC1(Nc2ccc(C#N)c(F)c2)CCS(=O)(=O)C1. The molecule has 1 unspecified atom stereocenters. The average Bonchev–Trinajstić information content (AvgIpc) is 2.53. The second-order valence-electron chi connectivity index (χ2n) is 4.83. The zero-order valence-corrected chi connectivity index (χ0v) is 10.7. The predicted octanol–water partition coefficient (Wildman–Crippen LogP) is 1.69. The molecular formula is C12H13FN2O2S. The number of nitrogens with one attached hydrogen (secondary N) is 1. The van der Waals surface area contributed by atoms with E-state index in [9.17, 15) is 12.8 Å². The number of anilines is 1. The number of nitrogens with zero attached hydrogens (tertiary/aromatic N) is 1. The van der Waals surface area contributed by atoms with Crippen molar-refractivity contribution in [2.45, 2.75) is 18.9 Å². The minimum absolute atomic E-state index is 0.0234. The van der Waals surface area contributed by atoms with Crippen LogP contribution in [0.3, 0.4) is 0 Å². The third-order valence-electron chi connectivity index (χ3n) is 3.04. The first kappa shape index (κ1) is 12.8. The minimum Gasteiger partial charge on any atom is -0.379 e. The zero-order valence-electron chi connectivity index (χ0n) is 9.90. The maximum Gasteiger partial charge on any atom is 0.152 e. The summed E-state index contributed by atoms with van der Waals surface area (Å²) in [5, 5.41) is 11.7. The lowest BCUT2D eigenvalue weighted by atomic mass is 10.0. The van der Waals surface area contributed by atoms with E-state index in [1.54, 1.807) is 19.1 Å². The van der Waals surface area contributed by atoms with Crippen LogP contribution in [-0.4, -0.2) is 25.5 Å². The van der Waals surface area contributed by atoms with Gasteiger partial charge in [-0.3, -0.25) is 0 Å². The molecule has 18 heavy (non-hydrogen) atoms. The molecule has 4 nitrogen and oxygen atoms in total. The second-order valence-corrected chi connectivity index (χ2v) is 7.02. The molecular weight excluding hydrogens is 255 g/mol. The van der Waals surface area contributed by atoms with Crippen molar-refractivity contribution in [1.82, 2.24) is 0 Å².